The quantitative estimate of drug-likeness (QED) is 0.305. The van der Waals surface area contributed by atoms with Crippen LogP contribution < -0.4 is 0 Å². The van der Waals surface area contributed by atoms with Crippen LogP contribution in [0.25, 0.3) is 43.4 Å². The van der Waals surface area contributed by atoms with Gasteiger partial charge in [0.15, 0.2) is 0 Å². The molecule has 0 saturated heterocycles. The summed E-state index contributed by atoms with van der Waals surface area (Å²) in [5.41, 5.74) is 2.52. The molecule has 24 heavy (non-hydrogen) atoms. The molecule has 0 atom stereocenters. The van der Waals surface area contributed by atoms with Crippen LogP contribution in [0.4, 0.5) is 0 Å². The van der Waals surface area contributed by atoms with Gasteiger partial charge in [0.2, 0.25) is 0 Å². The van der Waals surface area contributed by atoms with Crippen LogP contribution in [-0.2, 0) is 0 Å². The van der Waals surface area contributed by atoms with Gasteiger partial charge < -0.3 is 0 Å². The molecule has 0 heteroatoms. The van der Waals surface area contributed by atoms with Crippen molar-refractivity contribution < 1.29 is 0 Å². The van der Waals surface area contributed by atoms with E-state index in [1.54, 1.807) is 0 Å². The highest BCUT2D eigenvalue weighted by atomic mass is 14.1. The Labute approximate surface area is 141 Å². The number of hydrogen-bond donors (Lipinski definition) is 0. The summed E-state index contributed by atoms with van der Waals surface area (Å²) in [7, 11) is 0. The molecule has 0 spiro atoms. The van der Waals surface area contributed by atoms with Gasteiger partial charge in [-0.15, -0.1) is 0 Å². The van der Waals surface area contributed by atoms with Crippen LogP contribution in [0.3, 0.4) is 0 Å². The lowest BCUT2D eigenvalue weighted by Gasteiger charge is -2.12. The minimum atomic E-state index is 1.18. The van der Waals surface area contributed by atoms with Crippen molar-refractivity contribution in [3.05, 3.63) is 97.1 Å². The molecule has 1 radical (unpaired) electrons. The first-order valence-electron chi connectivity index (χ1n) is 8.22. The summed E-state index contributed by atoms with van der Waals surface area (Å²) in [6.07, 6.45) is 0. The summed E-state index contributed by atoms with van der Waals surface area (Å²) < 4.78 is 0. The maximum atomic E-state index is 3.43. The second-order valence-electron chi connectivity index (χ2n) is 6.13. The van der Waals surface area contributed by atoms with E-state index in [9.17, 15) is 0 Å². The minimum Gasteiger partial charge on any atom is -0.0616 e. The summed E-state index contributed by atoms with van der Waals surface area (Å²) in [5.74, 6) is 0. The molecule has 0 aromatic heterocycles. The summed E-state index contributed by atoms with van der Waals surface area (Å²) in [4.78, 5) is 0. The summed E-state index contributed by atoms with van der Waals surface area (Å²) in [6, 6.07) is 35.7. The standard InChI is InChI=1S/C24H15/c1-3-11-20-17(7-1)9-5-13-22(20)23-14-6-10-19-16-15-18-8-2-4-12-21(18)24(19)23/h1-10,12-16H. The lowest BCUT2D eigenvalue weighted by atomic mass is 9.91. The van der Waals surface area contributed by atoms with E-state index in [2.05, 4.69) is 84.9 Å². The second-order valence-corrected chi connectivity index (χ2v) is 6.13. The Morgan fingerprint density at radius 3 is 2.17 bits per heavy atom. The van der Waals surface area contributed by atoms with Gasteiger partial charge in [-0.1, -0.05) is 91.0 Å². The van der Waals surface area contributed by atoms with E-state index in [1.807, 2.05) is 12.1 Å². The topological polar surface area (TPSA) is 0 Å². The Bertz CT molecular complexity index is 1190. The van der Waals surface area contributed by atoms with Crippen LogP contribution in [0.5, 0.6) is 0 Å². The highest BCUT2D eigenvalue weighted by Gasteiger charge is 2.10. The summed E-state index contributed by atoms with van der Waals surface area (Å²) in [6.45, 7) is 0. The first-order chi connectivity index (χ1) is 11.9. The number of rotatable bonds is 1. The first kappa shape index (κ1) is 13.3. The molecule has 5 aromatic rings. The third-order valence-electron chi connectivity index (χ3n) is 4.76. The maximum absolute atomic E-state index is 3.43. The van der Waals surface area contributed by atoms with E-state index in [1.165, 1.54) is 43.4 Å². The normalized spacial score (nSPS) is 11.3. The molecule has 0 heterocycles. The van der Waals surface area contributed by atoms with E-state index in [0.29, 0.717) is 0 Å². The third kappa shape index (κ3) is 1.93. The molecule has 0 fully saturated rings. The largest absolute Gasteiger partial charge is 0.0616 e. The summed E-state index contributed by atoms with van der Waals surface area (Å²) >= 11 is 0. The molecule has 5 rings (SSSR count). The molecule has 5 aromatic carbocycles. The molecule has 0 aliphatic rings. The Balaban J connectivity index is 1.98. The number of fused-ring (bicyclic) bond motifs is 4. The van der Waals surface area contributed by atoms with Crippen LogP contribution in [0.15, 0.2) is 91.0 Å². The van der Waals surface area contributed by atoms with Crippen molar-refractivity contribution in [3.63, 3.8) is 0 Å². The average molecular weight is 303 g/mol. The lowest BCUT2D eigenvalue weighted by Crippen LogP contribution is -1.85. The fourth-order valence-corrected chi connectivity index (χ4v) is 3.66. The van der Waals surface area contributed by atoms with Crippen LogP contribution in [0.2, 0.25) is 0 Å². The third-order valence-corrected chi connectivity index (χ3v) is 4.76. The van der Waals surface area contributed by atoms with Crippen LogP contribution in [0, 0.1) is 6.07 Å². The molecule has 0 N–H and O–H groups in total. The molecule has 0 bridgehead atoms. The molecule has 0 aliphatic carbocycles. The van der Waals surface area contributed by atoms with Gasteiger partial charge in [-0.3, -0.25) is 0 Å². The number of benzene rings is 5. The molecule has 0 nitrogen and oxygen atoms in total. The van der Waals surface area contributed by atoms with Crippen LogP contribution in [-0.4, -0.2) is 0 Å². The predicted octanol–water partition coefficient (Wildman–Crippen LogP) is 6.61. The molecule has 0 saturated carbocycles. The smallest absolute Gasteiger partial charge is 0.00264 e. The minimum absolute atomic E-state index is 1.18. The molecular weight excluding hydrogens is 288 g/mol. The van der Waals surface area contributed by atoms with Crippen LogP contribution in [0.1, 0.15) is 0 Å². The van der Waals surface area contributed by atoms with E-state index < -0.39 is 0 Å². The van der Waals surface area contributed by atoms with Gasteiger partial charge in [0.05, 0.1) is 0 Å². The zero-order valence-corrected chi connectivity index (χ0v) is 13.2. The van der Waals surface area contributed by atoms with Gasteiger partial charge in [0.25, 0.3) is 0 Å². The predicted molar refractivity (Wildman–Crippen MR) is 103 cm³/mol. The molecule has 0 amide bonds. The van der Waals surface area contributed by atoms with Gasteiger partial charge >= 0.3 is 0 Å². The Kier molecular flexibility index (Phi) is 2.89. The van der Waals surface area contributed by atoms with Crippen molar-refractivity contribution in [3.8, 4) is 11.1 Å². The molecule has 111 valence electrons. The Hall–Kier alpha value is -3.12. The van der Waals surface area contributed by atoms with Crippen molar-refractivity contribution in [1.82, 2.24) is 0 Å². The monoisotopic (exact) mass is 303 g/mol. The lowest BCUT2D eigenvalue weighted by molar-refractivity contribution is 1.69. The SMILES string of the molecule is [c]1cccc2cccc(-c3cccc4ccc5ccccc5c34)c12. The van der Waals surface area contributed by atoms with Crippen molar-refractivity contribution >= 4 is 32.3 Å². The van der Waals surface area contributed by atoms with Crippen molar-refractivity contribution in [2.45, 2.75) is 0 Å². The molecular formula is C24H15. The zero-order chi connectivity index (χ0) is 15.9. The van der Waals surface area contributed by atoms with Gasteiger partial charge in [0.1, 0.15) is 0 Å². The van der Waals surface area contributed by atoms with Crippen molar-refractivity contribution in [2.75, 3.05) is 0 Å². The van der Waals surface area contributed by atoms with Crippen molar-refractivity contribution in [2.24, 2.45) is 0 Å². The average Bonchev–Trinajstić information content (AvgIpc) is 2.67. The highest BCUT2D eigenvalue weighted by molar-refractivity contribution is 6.16. The second kappa shape index (κ2) is 5.21. The van der Waals surface area contributed by atoms with Crippen LogP contribution >= 0.6 is 0 Å². The van der Waals surface area contributed by atoms with E-state index >= 15 is 0 Å². The fourth-order valence-electron chi connectivity index (χ4n) is 3.66. The van der Waals surface area contributed by atoms with Gasteiger partial charge in [-0.05, 0) is 49.5 Å². The Morgan fingerprint density at radius 1 is 0.500 bits per heavy atom. The van der Waals surface area contributed by atoms with Gasteiger partial charge in [-0.2, -0.15) is 0 Å². The first-order valence-corrected chi connectivity index (χ1v) is 8.22. The maximum Gasteiger partial charge on any atom is -0.00264 e. The van der Waals surface area contributed by atoms with Gasteiger partial charge in [0, 0.05) is 0 Å². The number of hydrogen-bond acceptors (Lipinski definition) is 0. The van der Waals surface area contributed by atoms with Gasteiger partial charge in [-0.25, -0.2) is 0 Å². The molecule has 0 aliphatic heterocycles. The highest BCUT2D eigenvalue weighted by Crippen LogP contribution is 2.37. The van der Waals surface area contributed by atoms with E-state index in [4.69, 9.17) is 0 Å². The summed E-state index contributed by atoms with van der Waals surface area (Å²) in [5, 5.41) is 7.59. The van der Waals surface area contributed by atoms with E-state index in [0.717, 1.165) is 0 Å². The van der Waals surface area contributed by atoms with Crippen molar-refractivity contribution in [1.29, 1.82) is 0 Å². The fraction of sp³-hybridized carbons (Fsp3) is 0. The molecule has 0 unspecified atom stereocenters. The Morgan fingerprint density at radius 2 is 1.21 bits per heavy atom. The zero-order valence-electron chi connectivity index (χ0n) is 13.2. The van der Waals surface area contributed by atoms with E-state index in [-0.39, 0.29) is 0 Å².